The number of carbonyl (C=O) groups is 2. The summed E-state index contributed by atoms with van der Waals surface area (Å²) in [7, 11) is 0. The summed E-state index contributed by atoms with van der Waals surface area (Å²) < 4.78 is 16.3. The lowest BCUT2D eigenvalue weighted by Crippen LogP contribution is -2.41. The molecule has 214 valence electrons. The number of benzene rings is 2. The number of rotatable bonds is 9. The average molecular weight is 605 g/mol. The maximum absolute atomic E-state index is 14.6. The zero-order valence-electron chi connectivity index (χ0n) is 22.5. The Morgan fingerprint density at radius 1 is 1.12 bits per heavy atom. The minimum Gasteiger partial charge on any atom is -0.358 e. The van der Waals surface area contributed by atoms with Gasteiger partial charge in [0, 0.05) is 46.9 Å². The molecule has 0 spiro atoms. The van der Waals surface area contributed by atoms with E-state index in [0.717, 1.165) is 16.8 Å². The van der Waals surface area contributed by atoms with Crippen LogP contribution in [0.3, 0.4) is 0 Å². The molecule has 1 unspecified atom stereocenters. The van der Waals surface area contributed by atoms with Crippen LogP contribution in [-0.2, 0) is 11.3 Å². The van der Waals surface area contributed by atoms with Crippen molar-refractivity contribution >= 4 is 62.0 Å². The summed E-state index contributed by atoms with van der Waals surface area (Å²) in [5.41, 5.74) is 3.48. The minimum absolute atomic E-state index is 0.0121. The van der Waals surface area contributed by atoms with Crippen molar-refractivity contribution in [3.05, 3.63) is 78.0 Å². The number of halogens is 2. The monoisotopic (exact) mass is 604 g/mol. The fourth-order valence-electron chi connectivity index (χ4n) is 5.15. The molecule has 0 bridgehead atoms. The fraction of sp³-hybridized carbons (Fsp3) is 0.241. The van der Waals surface area contributed by atoms with Gasteiger partial charge in [0.05, 0.1) is 35.7 Å². The summed E-state index contributed by atoms with van der Waals surface area (Å²) in [5, 5.41) is 17.4. The van der Waals surface area contributed by atoms with Gasteiger partial charge < -0.3 is 20.1 Å². The van der Waals surface area contributed by atoms with Gasteiger partial charge in [-0.05, 0) is 31.2 Å². The van der Waals surface area contributed by atoms with Crippen molar-refractivity contribution in [3.8, 4) is 10.6 Å². The lowest BCUT2D eigenvalue weighted by atomic mass is 10.1. The van der Waals surface area contributed by atoms with E-state index in [1.807, 2.05) is 36.4 Å². The number of likely N-dealkylation sites (tertiary alicyclic amines) is 1. The Balaban J connectivity index is 1.17. The maximum Gasteiger partial charge on any atom is 0.242 e. The predicted molar refractivity (Wildman–Crippen MR) is 161 cm³/mol. The standard InChI is InChI=1S/C29H26ClFN8O2S/c1-17(40)24-14-38(26-7-6-19(9-23(24)26)35-20-10-32-16-33-11-20)15-27(41)39-13-18(31)8-21(39)12-34-29-37-36-28(42-29)22-4-2-3-5-25(22)30/h2-7,9-11,14,16,18,21,35H,8,12-13,15H2,1H3,(H,34,37)/t18-,21?/m1/s1. The fourth-order valence-corrected chi connectivity index (χ4v) is 6.23. The highest BCUT2D eigenvalue weighted by molar-refractivity contribution is 7.18. The van der Waals surface area contributed by atoms with Crippen LogP contribution in [0.2, 0.25) is 5.02 Å². The van der Waals surface area contributed by atoms with E-state index in [-0.39, 0.29) is 37.2 Å². The van der Waals surface area contributed by atoms with Gasteiger partial charge in [0.25, 0.3) is 0 Å². The molecule has 1 saturated heterocycles. The van der Waals surface area contributed by atoms with Gasteiger partial charge in [-0.3, -0.25) is 9.59 Å². The van der Waals surface area contributed by atoms with Gasteiger partial charge in [-0.2, -0.15) is 0 Å². The quantitative estimate of drug-likeness (QED) is 0.209. The second-order valence-electron chi connectivity index (χ2n) is 10.0. The van der Waals surface area contributed by atoms with E-state index in [9.17, 15) is 14.0 Å². The van der Waals surface area contributed by atoms with E-state index < -0.39 is 6.17 Å². The third kappa shape index (κ3) is 5.81. The Kier molecular flexibility index (Phi) is 7.81. The summed E-state index contributed by atoms with van der Waals surface area (Å²) in [6.07, 6.45) is 5.52. The number of nitrogens with one attached hydrogen (secondary N) is 2. The average Bonchev–Trinajstić information content (AvgIpc) is 3.70. The first-order valence-corrected chi connectivity index (χ1v) is 14.5. The van der Waals surface area contributed by atoms with Gasteiger partial charge in [-0.25, -0.2) is 14.4 Å². The lowest BCUT2D eigenvalue weighted by molar-refractivity contribution is -0.132. The number of nitrogens with zero attached hydrogens (tertiary/aromatic N) is 6. The molecule has 1 aliphatic rings. The van der Waals surface area contributed by atoms with Gasteiger partial charge in [0.15, 0.2) is 10.8 Å². The number of fused-ring (bicyclic) bond motifs is 1. The zero-order valence-corrected chi connectivity index (χ0v) is 24.1. The molecule has 1 aliphatic heterocycles. The summed E-state index contributed by atoms with van der Waals surface area (Å²) in [5.74, 6) is -0.349. The van der Waals surface area contributed by atoms with Crippen LogP contribution in [0.4, 0.5) is 20.9 Å². The van der Waals surface area contributed by atoms with E-state index >= 15 is 0 Å². The third-order valence-corrected chi connectivity index (χ3v) is 8.36. The van der Waals surface area contributed by atoms with Crippen molar-refractivity contribution in [1.82, 2.24) is 29.6 Å². The number of carbonyl (C=O) groups excluding carboxylic acids is 2. The third-order valence-electron chi connectivity index (χ3n) is 7.12. The van der Waals surface area contributed by atoms with Crippen molar-refractivity contribution < 1.29 is 14.0 Å². The van der Waals surface area contributed by atoms with Crippen molar-refractivity contribution in [3.63, 3.8) is 0 Å². The number of hydrogen-bond donors (Lipinski definition) is 2. The predicted octanol–water partition coefficient (Wildman–Crippen LogP) is 5.60. The van der Waals surface area contributed by atoms with Crippen molar-refractivity contribution in [1.29, 1.82) is 0 Å². The van der Waals surface area contributed by atoms with E-state index in [2.05, 4.69) is 30.8 Å². The molecule has 42 heavy (non-hydrogen) atoms. The molecule has 6 rings (SSSR count). The Morgan fingerprint density at radius 2 is 1.93 bits per heavy atom. The van der Waals surface area contributed by atoms with Crippen molar-refractivity contribution in [2.75, 3.05) is 23.7 Å². The molecule has 0 saturated carbocycles. The van der Waals surface area contributed by atoms with Crippen molar-refractivity contribution in [2.24, 2.45) is 0 Å². The molecule has 0 radical (unpaired) electrons. The summed E-state index contributed by atoms with van der Waals surface area (Å²) in [6.45, 7) is 1.80. The molecule has 2 aromatic carbocycles. The Bertz CT molecular complexity index is 1760. The maximum atomic E-state index is 14.6. The first-order chi connectivity index (χ1) is 20.4. The highest BCUT2D eigenvalue weighted by atomic mass is 35.5. The van der Waals surface area contributed by atoms with Crippen LogP contribution in [0.5, 0.6) is 0 Å². The van der Waals surface area contributed by atoms with E-state index in [4.69, 9.17) is 11.6 Å². The van der Waals surface area contributed by atoms with Crippen LogP contribution in [0.1, 0.15) is 23.7 Å². The molecule has 1 amide bonds. The summed E-state index contributed by atoms with van der Waals surface area (Å²) >= 11 is 7.63. The Morgan fingerprint density at radius 3 is 2.71 bits per heavy atom. The summed E-state index contributed by atoms with van der Waals surface area (Å²) in [4.78, 5) is 35.6. The molecule has 5 aromatic rings. The second-order valence-corrected chi connectivity index (χ2v) is 11.4. The van der Waals surface area contributed by atoms with E-state index in [0.29, 0.717) is 38.3 Å². The number of hydrogen-bond acceptors (Lipinski definition) is 9. The van der Waals surface area contributed by atoms with Gasteiger partial charge in [0.1, 0.15) is 19.0 Å². The van der Waals surface area contributed by atoms with Crippen LogP contribution in [0.25, 0.3) is 21.5 Å². The number of amides is 1. The number of alkyl halides is 1. The minimum atomic E-state index is -1.13. The molecular weight excluding hydrogens is 579 g/mol. The lowest BCUT2D eigenvalue weighted by Gasteiger charge is -2.25. The topological polar surface area (TPSA) is 118 Å². The normalized spacial score (nSPS) is 16.6. The smallest absolute Gasteiger partial charge is 0.242 e. The highest BCUT2D eigenvalue weighted by Crippen LogP contribution is 2.32. The number of anilines is 3. The molecule has 13 heteroatoms. The largest absolute Gasteiger partial charge is 0.358 e. The molecule has 1 fully saturated rings. The van der Waals surface area contributed by atoms with Gasteiger partial charge in [-0.15, -0.1) is 10.2 Å². The van der Waals surface area contributed by atoms with Crippen molar-refractivity contribution in [2.45, 2.75) is 32.1 Å². The van der Waals surface area contributed by atoms with Gasteiger partial charge >= 0.3 is 0 Å². The molecule has 10 nitrogen and oxygen atoms in total. The number of ketones is 1. The van der Waals surface area contributed by atoms with Crippen LogP contribution in [0, 0.1) is 0 Å². The van der Waals surface area contributed by atoms with Crippen LogP contribution < -0.4 is 10.6 Å². The van der Waals surface area contributed by atoms with E-state index in [1.165, 1.54) is 24.6 Å². The molecular formula is C29H26ClFN8O2S. The first-order valence-electron chi connectivity index (χ1n) is 13.3. The Labute approximate surface area is 249 Å². The molecule has 0 aliphatic carbocycles. The summed E-state index contributed by atoms with van der Waals surface area (Å²) in [6, 6.07) is 12.6. The molecule has 2 N–H and O–H groups in total. The van der Waals surface area contributed by atoms with Crippen LogP contribution in [0.15, 0.2) is 67.4 Å². The van der Waals surface area contributed by atoms with E-state index in [1.54, 1.807) is 34.1 Å². The number of aromatic nitrogens is 5. The van der Waals surface area contributed by atoms with Gasteiger partial charge in [0.2, 0.25) is 11.0 Å². The Hall–Kier alpha value is -4.42. The first kappa shape index (κ1) is 27.7. The molecule has 2 atom stereocenters. The SMILES string of the molecule is CC(=O)c1cn(CC(=O)N2C[C@H](F)CC2CNc2nnc(-c3ccccc3Cl)s2)c2ccc(Nc3cncnc3)cc12. The number of Topliss-reactive ketones (excluding diaryl/α,β-unsaturated/α-hetero) is 1. The van der Waals surface area contributed by atoms with Crippen LogP contribution >= 0.6 is 22.9 Å². The zero-order chi connectivity index (χ0) is 29.2. The highest BCUT2D eigenvalue weighted by Gasteiger charge is 2.35. The second kappa shape index (κ2) is 11.8. The van der Waals surface area contributed by atoms with Gasteiger partial charge in [-0.1, -0.05) is 41.1 Å². The molecule has 3 aromatic heterocycles. The molecule has 4 heterocycles. The van der Waals surface area contributed by atoms with Crippen LogP contribution in [-0.4, -0.2) is 66.6 Å².